The van der Waals surface area contributed by atoms with E-state index >= 15 is 0 Å². The standard InChI is InChI=1S/C19H30N2O/c1-19(2,3)21-14-8-9-16(15-21)18(22)12-7-13-20-17-10-5-4-6-11-17/h4-6,10-11,16,20H,7-9,12-15H2,1-3H3. The molecule has 1 saturated heterocycles. The fraction of sp³-hybridized carbons (Fsp3) is 0.632. The van der Waals surface area contributed by atoms with Crippen molar-refractivity contribution in [2.75, 3.05) is 25.0 Å². The topological polar surface area (TPSA) is 32.3 Å². The first kappa shape index (κ1) is 17.0. The third-order valence-corrected chi connectivity index (χ3v) is 4.53. The maximum absolute atomic E-state index is 12.4. The summed E-state index contributed by atoms with van der Waals surface area (Å²) in [5, 5.41) is 3.37. The van der Waals surface area contributed by atoms with Crippen molar-refractivity contribution in [1.82, 2.24) is 4.90 Å². The number of anilines is 1. The van der Waals surface area contributed by atoms with Crippen LogP contribution in [0.2, 0.25) is 0 Å². The molecule has 3 nitrogen and oxygen atoms in total. The van der Waals surface area contributed by atoms with Gasteiger partial charge in [-0.25, -0.2) is 0 Å². The van der Waals surface area contributed by atoms with Crippen LogP contribution in [-0.2, 0) is 4.79 Å². The fourth-order valence-corrected chi connectivity index (χ4v) is 3.10. The van der Waals surface area contributed by atoms with Crippen molar-refractivity contribution in [3.63, 3.8) is 0 Å². The van der Waals surface area contributed by atoms with E-state index in [-0.39, 0.29) is 11.5 Å². The summed E-state index contributed by atoms with van der Waals surface area (Å²) in [6.45, 7) is 9.65. The molecule has 0 amide bonds. The van der Waals surface area contributed by atoms with Gasteiger partial charge in [-0.05, 0) is 58.7 Å². The van der Waals surface area contributed by atoms with Gasteiger partial charge in [-0.1, -0.05) is 18.2 Å². The monoisotopic (exact) mass is 302 g/mol. The Morgan fingerprint density at radius 2 is 2.00 bits per heavy atom. The molecular formula is C19H30N2O. The van der Waals surface area contributed by atoms with Gasteiger partial charge in [-0.3, -0.25) is 9.69 Å². The SMILES string of the molecule is CC(C)(C)N1CCCC(C(=O)CCCNc2ccccc2)C1. The zero-order chi connectivity index (χ0) is 16.0. The number of nitrogens with one attached hydrogen (secondary N) is 1. The molecule has 1 aliphatic rings. The second-order valence-electron chi connectivity index (χ2n) is 7.32. The first-order valence-corrected chi connectivity index (χ1v) is 8.53. The summed E-state index contributed by atoms with van der Waals surface area (Å²) in [6.07, 6.45) is 3.83. The Morgan fingerprint density at radius 1 is 1.27 bits per heavy atom. The van der Waals surface area contributed by atoms with E-state index in [4.69, 9.17) is 0 Å². The summed E-state index contributed by atoms with van der Waals surface area (Å²) < 4.78 is 0. The normalized spacial score (nSPS) is 19.9. The lowest BCUT2D eigenvalue weighted by Crippen LogP contribution is -2.48. The largest absolute Gasteiger partial charge is 0.385 e. The van der Waals surface area contributed by atoms with Gasteiger partial charge in [0.2, 0.25) is 0 Å². The van der Waals surface area contributed by atoms with Gasteiger partial charge in [-0.15, -0.1) is 0 Å². The molecule has 0 bridgehead atoms. The lowest BCUT2D eigenvalue weighted by atomic mass is 9.89. The summed E-state index contributed by atoms with van der Waals surface area (Å²) in [5.41, 5.74) is 1.31. The van der Waals surface area contributed by atoms with Crippen molar-refractivity contribution in [2.45, 2.75) is 52.0 Å². The second kappa shape index (κ2) is 7.77. The molecule has 0 aromatic heterocycles. The van der Waals surface area contributed by atoms with E-state index in [9.17, 15) is 4.79 Å². The van der Waals surface area contributed by atoms with Crippen LogP contribution in [0.4, 0.5) is 5.69 Å². The molecule has 3 heteroatoms. The van der Waals surface area contributed by atoms with E-state index < -0.39 is 0 Å². The Bertz CT molecular complexity index is 464. The zero-order valence-electron chi connectivity index (χ0n) is 14.3. The van der Waals surface area contributed by atoms with E-state index in [1.165, 1.54) is 0 Å². The Kier molecular flexibility index (Phi) is 6.01. The van der Waals surface area contributed by atoms with E-state index in [0.29, 0.717) is 12.2 Å². The molecule has 2 rings (SSSR count). The van der Waals surface area contributed by atoms with Gasteiger partial charge in [0.15, 0.2) is 0 Å². The molecule has 22 heavy (non-hydrogen) atoms. The second-order valence-corrected chi connectivity index (χ2v) is 7.32. The van der Waals surface area contributed by atoms with Crippen LogP contribution in [0.1, 0.15) is 46.5 Å². The number of carbonyl (C=O) groups excluding carboxylic acids is 1. The Hall–Kier alpha value is -1.35. The molecule has 0 spiro atoms. The van der Waals surface area contributed by atoms with Crippen molar-refractivity contribution in [3.8, 4) is 0 Å². The maximum atomic E-state index is 12.4. The number of para-hydroxylation sites is 1. The third kappa shape index (κ3) is 5.13. The average molecular weight is 302 g/mol. The number of piperidine rings is 1. The molecule has 0 aliphatic carbocycles. The van der Waals surface area contributed by atoms with Crippen molar-refractivity contribution in [1.29, 1.82) is 0 Å². The number of hydrogen-bond donors (Lipinski definition) is 1. The van der Waals surface area contributed by atoms with E-state index in [1.54, 1.807) is 0 Å². The van der Waals surface area contributed by atoms with Crippen LogP contribution in [0.3, 0.4) is 0 Å². The van der Waals surface area contributed by atoms with Crippen LogP contribution in [0, 0.1) is 5.92 Å². The highest BCUT2D eigenvalue weighted by atomic mass is 16.1. The molecule has 1 aromatic carbocycles. The molecule has 1 aromatic rings. The summed E-state index contributed by atoms with van der Waals surface area (Å²) >= 11 is 0. The average Bonchev–Trinajstić information content (AvgIpc) is 2.52. The lowest BCUT2D eigenvalue weighted by Gasteiger charge is -2.41. The number of hydrogen-bond acceptors (Lipinski definition) is 3. The van der Waals surface area contributed by atoms with Crippen LogP contribution in [-0.4, -0.2) is 35.9 Å². The van der Waals surface area contributed by atoms with Gasteiger partial charge >= 0.3 is 0 Å². The summed E-state index contributed by atoms with van der Waals surface area (Å²) in [4.78, 5) is 14.9. The van der Waals surface area contributed by atoms with Crippen molar-refractivity contribution in [3.05, 3.63) is 30.3 Å². The number of benzene rings is 1. The first-order chi connectivity index (χ1) is 10.5. The van der Waals surface area contributed by atoms with Crippen molar-refractivity contribution < 1.29 is 4.79 Å². The number of likely N-dealkylation sites (tertiary alicyclic amines) is 1. The van der Waals surface area contributed by atoms with Gasteiger partial charge in [0, 0.05) is 36.7 Å². The number of rotatable bonds is 6. The minimum Gasteiger partial charge on any atom is -0.385 e. The van der Waals surface area contributed by atoms with Gasteiger partial charge in [0.05, 0.1) is 0 Å². The molecule has 0 saturated carbocycles. The summed E-state index contributed by atoms with van der Waals surface area (Å²) in [5.74, 6) is 0.688. The number of nitrogens with zero attached hydrogens (tertiary/aromatic N) is 1. The van der Waals surface area contributed by atoms with Crippen LogP contribution in [0.25, 0.3) is 0 Å². The van der Waals surface area contributed by atoms with E-state index in [1.807, 2.05) is 18.2 Å². The maximum Gasteiger partial charge on any atom is 0.137 e. The quantitative estimate of drug-likeness (QED) is 0.807. The minimum atomic E-state index is 0.174. The zero-order valence-corrected chi connectivity index (χ0v) is 14.3. The van der Waals surface area contributed by atoms with Crippen LogP contribution in [0.15, 0.2) is 30.3 Å². The highest BCUT2D eigenvalue weighted by Crippen LogP contribution is 2.25. The summed E-state index contributed by atoms with van der Waals surface area (Å²) in [7, 11) is 0. The first-order valence-electron chi connectivity index (χ1n) is 8.53. The smallest absolute Gasteiger partial charge is 0.137 e. The molecule has 1 N–H and O–H groups in total. The minimum absolute atomic E-state index is 0.174. The lowest BCUT2D eigenvalue weighted by molar-refractivity contribution is -0.125. The van der Waals surface area contributed by atoms with Crippen molar-refractivity contribution >= 4 is 11.5 Å². The molecule has 0 radical (unpaired) electrons. The highest BCUT2D eigenvalue weighted by molar-refractivity contribution is 5.81. The molecule has 1 atom stereocenters. The third-order valence-electron chi connectivity index (χ3n) is 4.53. The summed E-state index contributed by atoms with van der Waals surface area (Å²) in [6, 6.07) is 10.2. The molecule has 1 fully saturated rings. The van der Waals surface area contributed by atoms with Crippen LogP contribution >= 0.6 is 0 Å². The Balaban J connectivity index is 1.71. The Labute approximate surface area is 135 Å². The fourth-order valence-electron chi connectivity index (χ4n) is 3.10. The molecule has 1 heterocycles. The van der Waals surface area contributed by atoms with E-state index in [2.05, 4.69) is 43.1 Å². The van der Waals surface area contributed by atoms with Crippen LogP contribution in [0.5, 0.6) is 0 Å². The van der Waals surface area contributed by atoms with Gasteiger partial charge in [-0.2, -0.15) is 0 Å². The predicted molar refractivity (Wildman–Crippen MR) is 93.2 cm³/mol. The van der Waals surface area contributed by atoms with Crippen molar-refractivity contribution in [2.24, 2.45) is 5.92 Å². The predicted octanol–water partition coefficient (Wildman–Crippen LogP) is 3.96. The molecule has 1 unspecified atom stereocenters. The molecule has 122 valence electrons. The van der Waals surface area contributed by atoms with Gasteiger partial charge < -0.3 is 5.32 Å². The van der Waals surface area contributed by atoms with Crippen LogP contribution < -0.4 is 5.32 Å². The number of Topliss-reactive ketones (excluding diaryl/α,β-unsaturated/α-hetero) is 1. The number of ketones is 1. The molecule has 1 aliphatic heterocycles. The molecular weight excluding hydrogens is 272 g/mol. The number of carbonyl (C=O) groups is 1. The van der Waals surface area contributed by atoms with Gasteiger partial charge in [0.25, 0.3) is 0 Å². The Morgan fingerprint density at radius 3 is 2.68 bits per heavy atom. The van der Waals surface area contributed by atoms with Gasteiger partial charge in [0.1, 0.15) is 5.78 Å². The van der Waals surface area contributed by atoms with E-state index in [0.717, 1.165) is 44.6 Å². The highest BCUT2D eigenvalue weighted by Gasteiger charge is 2.30.